The van der Waals surface area contributed by atoms with Crippen LogP contribution < -0.4 is 5.32 Å². The molecule has 13 heavy (non-hydrogen) atoms. The standard InChI is InChI=1S/C8H15NO3S/c1-3-9-7(10)5-13-6(2)4-8(11)12/h6H,3-5H2,1-2H3,(H,9,10)(H,11,12). The summed E-state index contributed by atoms with van der Waals surface area (Å²) in [6.07, 6.45) is 0.101. The van der Waals surface area contributed by atoms with Gasteiger partial charge in [-0.1, -0.05) is 6.92 Å². The molecule has 0 spiro atoms. The van der Waals surface area contributed by atoms with Crippen molar-refractivity contribution < 1.29 is 14.7 Å². The topological polar surface area (TPSA) is 66.4 Å². The molecule has 0 saturated heterocycles. The van der Waals surface area contributed by atoms with Crippen LogP contribution in [0, 0.1) is 0 Å². The Hall–Kier alpha value is -0.710. The number of carboxylic acids is 1. The molecule has 4 nitrogen and oxygen atoms in total. The van der Waals surface area contributed by atoms with Crippen molar-refractivity contribution in [3.63, 3.8) is 0 Å². The Morgan fingerprint density at radius 1 is 1.54 bits per heavy atom. The summed E-state index contributed by atoms with van der Waals surface area (Å²) < 4.78 is 0. The number of carbonyl (C=O) groups excluding carboxylic acids is 1. The van der Waals surface area contributed by atoms with Crippen LogP contribution >= 0.6 is 11.8 Å². The lowest BCUT2D eigenvalue weighted by molar-refractivity contribution is -0.136. The van der Waals surface area contributed by atoms with Gasteiger partial charge < -0.3 is 10.4 Å². The van der Waals surface area contributed by atoms with Crippen LogP contribution in [0.25, 0.3) is 0 Å². The van der Waals surface area contributed by atoms with E-state index in [4.69, 9.17) is 5.11 Å². The van der Waals surface area contributed by atoms with Crippen molar-refractivity contribution in [2.45, 2.75) is 25.5 Å². The van der Waals surface area contributed by atoms with Crippen LogP contribution in [0.2, 0.25) is 0 Å². The van der Waals surface area contributed by atoms with E-state index in [0.717, 1.165) is 0 Å². The van der Waals surface area contributed by atoms with Gasteiger partial charge in [-0.05, 0) is 6.92 Å². The molecule has 1 amide bonds. The molecule has 1 atom stereocenters. The van der Waals surface area contributed by atoms with Crippen molar-refractivity contribution >= 4 is 23.6 Å². The number of thioether (sulfide) groups is 1. The summed E-state index contributed by atoms with van der Waals surface area (Å²) in [6.45, 7) is 4.27. The van der Waals surface area contributed by atoms with E-state index in [1.54, 1.807) is 6.92 Å². The van der Waals surface area contributed by atoms with Gasteiger partial charge in [0.2, 0.25) is 5.91 Å². The number of amides is 1. The number of hydrogen-bond donors (Lipinski definition) is 2. The van der Waals surface area contributed by atoms with Crippen molar-refractivity contribution in [3.8, 4) is 0 Å². The molecule has 0 fully saturated rings. The highest BCUT2D eigenvalue weighted by Crippen LogP contribution is 2.13. The lowest BCUT2D eigenvalue weighted by Gasteiger charge is -2.07. The molecule has 76 valence electrons. The zero-order valence-electron chi connectivity index (χ0n) is 7.87. The van der Waals surface area contributed by atoms with Crippen LogP contribution in [-0.4, -0.2) is 34.5 Å². The smallest absolute Gasteiger partial charge is 0.304 e. The number of carbonyl (C=O) groups is 2. The van der Waals surface area contributed by atoms with Crippen LogP contribution in [0.1, 0.15) is 20.3 Å². The summed E-state index contributed by atoms with van der Waals surface area (Å²) in [5.41, 5.74) is 0. The van der Waals surface area contributed by atoms with Gasteiger partial charge in [-0.3, -0.25) is 9.59 Å². The van der Waals surface area contributed by atoms with E-state index in [1.165, 1.54) is 11.8 Å². The average molecular weight is 205 g/mol. The Bertz CT molecular complexity index is 184. The van der Waals surface area contributed by atoms with Crippen LogP contribution in [0.4, 0.5) is 0 Å². The lowest BCUT2D eigenvalue weighted by atomic mass is 10.3. The molecule has 5 heteroatoms. The van der Waals surface area contributed by atoms with E-state index in [2.05, 4.69) is 5.32 Å². The van der Waals surface area contributed by atoms with Crippen molar-refractivity contribution in [1.29, 1.82) is 0 Å². The predicted molar refractivity (Wildman–Crippen MR) is 52.9 cm³/mol. The molecule has 0 radical (unpaired) electrons. The van der Waals surface area contributed by atoms with E-state index < -0.39 is 5.97 Å². The van der Waals surface area contributed by atoms with E-state index in [1.807, 2.05) is 6.92 Å². The van der Waals surface area contributed by atoms with Gasteiger partial charge in [-0.15, -0.1) is 11.8 Å². The molecule has 0 aromatic rings. The lowest BCUT2D eigenvalue weighted by Crippen LogP contribution is -2.25. The summed E-state index contributed by atoms with van der Waals surface area (Å²) in [6, 6.07) is 0. The monoisotopic (exact) mass is 205 g/mol. The predicted octanol–water partition coefficient (Wildman–Crippen LogP) is 0.719. The normalized spacial score (nSPS) is 12.2. The van der Waals surface area contributed by atoms with Crippen LogP contribution in [0.5, 0.6) is 0 Å². The molecule has 0 saturated carbocycles. The Kier molecular flexibility index (Phi) is 6.40. The van der Waals surface area contributed by atoms with Crippen molar-refractivity contribution in [2.75, 3.05) is 12.3 Å². The van der Waals surface area contributed by atoms with Gasteiger partial charge in [0.1, 0.15) is 0 Å². The maximum Gasteiger partial charge on any atom is 0.304 e. The Balaban J connectivity index is 3.51. The summed E-state index contributed by atoms with van der Waals surface area (Å²) in [5, 5.41) is 11.1. The quantitative estimate of drug-likeness (QED) is 0.670. The molecular weight excluding hydrogens is 190 g/mol. The summed E-state index contributed by atoms with van der Waals surface area (Å²) >= 11 is 1.36. The minimum absolute atomic E-state index is 0.0138. The Morgan fingerprint density at radius 3 is 2.62 bits per heavy atom. The van der Waals surface area contributed by atoms with E-state index in [9.17, 15) is 9.59 Å². The number of carboxylic acid groups (broad SMARTS) is 1. The second kappa shape index (κ2) is 6.77. The fourth-order valence-corrected chi connectivity index (χ4v) is 1.57. The highest BCUT2D eigenvalue weighted by molar-refractivity contribution is 8.00. The van der Waals surface area contributed by atoms with Crippen molar-refractivity contribution in [1.82, 2.24) is 5.32 Å². The van der Waals surface area contributed by atoms with Crippen LogP contribution in [0.3, 0.4) is 0 Å². The average Bonchev–Trinajstić information content (AvgIpc) is 2.00. The Labute approximate surface area is 82.1 Å². The zero-order chi connectivity index (χ0) is 10.3. The first-order chi connectivity index (χ1) is 6.06. The van der Waals surface area contributed by atoms with E-state index in [-0.39, 0.29) is 17.6 Å². The molecule has 0 rings (SSSR count). The number of hydrogen-bond acceptors (Lipinski definition) is 3. The number of aliphatic carboxylic acids is 1. The maximum absolute atomic E-state index is 11.0. The SMILES string of the molecule is CCNC(=O)CSC(C)CC(=O)O. The molecular formula is C8H15NO3S. The van der Waals surface area contributed by atoms with E-state index >= 15 is 0 Å². The molecule has 0 aliphatic heterocycles. The van der Waals surface area contributed by atoms with E-state index in [0.29, 0.717) is 12.3 Å². The molecule has 0 bridgehead atoms. The molecule has 2 N–H and O–H groups in total. The van der Waals surface area contributed by atoms with Crippen molar-refractivity contribution in [3.05, 3.63) is 0 Å². The second-order valence-electron chi connectivity index (χ2n) is 2.67. The molecule has 1 unspecified atom stereocenters. The minimum atomic E-state index is -0.823. The maximum atomic E-state index is 11.0. The third kappa shape index (κ3) is 7.64. The molecule has 0 heterocycles. The second-order valence-corrected chi connectivity index (χ2v) is 4.10. The van der Waals surface area contributed by atoms with Crippen LogP contribution in [-0.2, 0) is 9.59 Å². The van der Waals surface area contributed by atoms with Gasteiger partial charge >= 0.3 is 5.97 Å². The fourth-order valence-electron chi connectivity index (χ4n) is 0.771. The van der Waals surface area contributed by atoms with Crippen LogP contribution in [0.15, 0.2) is 0 Å². The molecule has 0 aromatic carbocycles. The number of rotatable bonds is 6. The molecule has 0 aliphatic carbocycles. The largest absolute Gasteiger partial charge is 0.481 e. The summed E-state index contributed by atoms with van der Waals surface area (Å²) in [5.74, 6) is -0.525. The van der Waals surface area contributed by atoms with Gasteiger partial charge in [-0.2, -0.15) is 0 Å². The van der Waals surface area contributed by atoms with Crippen molar-refractivity contribution in [2.24, 2.45) is 0 Å². The Morgan fingerprint density at radius 2 is 2.15 bits per heavy atom. The third-order valence-electron chi connectivity index (χ3n) is 1.33. The van der Waals surface area contributed by atoms with Gasteiger partial charge in [-0.25, -0.2) is 0 Å². The highest BCUT2D eigenvalue weighted by Gasteiger charge is 2.09. The summed E-state index contributed by atoms with van der Waals surface area (Å²) in [4.78, 5) is 21.2. The van der Waals surface area contributed by atoms with Gasteiger partial charge in [0.05, 0.1) is 12.2 Å². The summed E-state index contributed by atoms with van der Waals surface area (Å²) in [7, 11) is 0. The fraction of sp³-hybridized carbons (Fsp3) is 0.750. The highest BCUT2D eigenvalue weighted by atomic mass is 32.2. The third-order valence-corrected chi connectivity index (χ3v) is 2.50. The first-order valence-corrected chi connectivity index (χ1v) is 5.21. The van der Waals surface area contributed by atoms with Gasteiger partial charge in [0, 0.05) is 11.8 Å². The van der Waals surface area contributed by atoms with Gasteiger partial charge in [0.15, 0.2) is 0 Å². The zero-order valence-corrected chi connectivity index (χ0v) is 8.69. The minimum Gasteiger partial charge on any atom is -0.481 e. The first kappa shape index (κ1) is 12.3. The van der Waals surface area contributed by atoms with Gasteiger partial charge in [0.25, 0.3) is 0 Å². The number of nitrogens with one attached hydrogen (secondary N) is 1. The molecule has 0 aromatic heterocycles. The molecule has 0 aliphatic rings. The first-order valence-electron chi connectivity index (χ1n) is 4.16.